The van der Waals surface area contributed by atoms with Crippen molar-refractivity contribution in [2.24, 2.45) is 5.92 Å². The first-order valence-electron chi connectivity index (χ1n) is 7.22. The summed E-state index contributed by atoms with van der Waals surface area (Å²) in [5, 5.41) is 10.1. The smallest absolute Gasteiger partial charge is 0.0707 e. The standard InChI is InChI=1S/C16H25NO2/c1-17(12-15-7-9-19-10-8-15)13-16(18)11-14-5-3-2-4-6-14/h2-6,15-16,18H,7-13H2,1H3. The molecule has 1 fully saturated rings. The van der Waals surface area contributed by atoms with Crippen LogP contribution in [0.25, 0.3) is 0 Å². The minimum atomic E-state index is -0.285. The van der Waals surface area contributed by atoms with Gasteiger partial charge in [0, 0.05) is 26.3 Å². The third-order valence-corrected chi connectivity index (χ3v) is 3.75. The molecule has 1 aromatic carbocycles. The lowest BCUT2D eigenvalue weighted by Gasteiger charge is -2.28. The Morgan fingerprint density at radius 3 is 2.63 bits per heavy atom. The lowest BCUT2D eigenvalue weighted by Crippen LogP contribution is -2.35. The van der Waals surface area contributed by atoms with Gasteiger partial charge in [-0.15, -0.1) is 0 Å². The molecule has 3 heteroatoms. The molecule has 2 rings (SSSR count). The predicted octanol–water partition coefficient (Wildman–Crippen LogP) is 1.95. The maximum atomic E-state index is 10.1. The van der Waals surface area contributed by atoms with E-state index in [2.05, 4.69) is 24.1 Å². The van der Waals surface area contributed by atoms with Gasteiger partial charge in [-0.25, -0.2) is 0 Å². The van der Waals surface area contributed by atoms with Crippen LogP contribution in [-0.4, -0.2) is 49.5 Å². The van der Waals surface area contributed by atoms with Crippen LogP contribution >= 0.6 is 0 Å². The minimum Gasteiger partial charge on any atom is -0.391 e. The maximum Gasteiger partial charge on any atom is 0.0707 e. The van der Waals surface area contributed by atoms with Gasteiger partial charge in [0.05, 0.1) is 6.10 Å². The van der Waals surface area contributed by atoms with Crippen molar-refractivity contribution in [1.29, 1.82) is 0 Å². The summed E-state index contributed by atoms with van der Waals surface area (Å²) in [7, 11) is 2.10. The second-order valence-electron chi connectivity index (χ2n) is 5.62. The number of aliphatic hydroxyl groups excluding tert-OH is 1. The van der Waals surface area contributed by atoms with Crippen molar-refractivity contribution in [1.82, 2.24) is 4.90 Å². The van der Waals surface area contributed by atoms with Crippen LogP contribution in [0.1, 0.15) is 18.4 Å². The molecule has 1 aliphatic heterocycles. The van der Waals surface area contributed by atoms with E-state index in [4.69, 9.17) is 4.74 Å². The number of rotatable bonds is 6. The minimum absolute atomic E-state index is 0.285. The molecule has 1 aromatic rings. The molecule has 1 atom stereocenters. The summed E-state index contributed by atoms with van der Waals surface area (Å²) in [5.41, 5.74) is 1.20. The quantitative estimate of drug-likeness (QED) is 0.851. The van der Waals surface area contributed by atoms with Crippen molar-refractivity contribution in [2.45, 2.75) is 25.4 Å². The lowest BCUT2D eigenvalue weighted by atomic mass is 9.99. The van der Waals surface area contributed by atoms with Crippen LogP contribution < -0.4 is 0 Å². The fourth-order valence-electron chi connectivity index (χ4n) is 2.75. The van der Waals surface area contributed by atoms with Crippen molar-refractivity contribution in [3.05, 3.63) is 35.9 Å². The molecule has 1 N–H and O–H groups in total. The van der Waals surface area contributed by atoms with Gasteiger partial charge < -0.3 is 14.7 Å². The zero-order chi connectivity index (χ0) is 13.5. The molecule has 1 aliphatic rings. The monoisotopic (exact) mass is 263 g/mol. The number of hydrogen-bond acceptors (Lipinski definition) is 3. The molecule has 0 radical (unpaired) electrons. The van der Waals surface area contributed by atoms with E-state index in [0.717, 1.165) is 51.5 Å². The van der Waals surface area contributed by atoms with Crippen molar-refractivity contribution in [2.75, 3.05) is 33.4 Å². The first kappa shape index (κ1) is 14.5. The molecule has 0 amide bonds. The Morgan fingerprint density at radius 2 is 1.95 bits per heavy atom. The van der Waals surface area contributed by atoms with E-state index >= 15 is 0 Å². The SMILES string of the molecule is CN(CC(O)Cc1ccccc1)CC1CCOCC1. The highest BCUT2D eigenvalue weighted by molar-refractivity contribution is 5.15. The van der Waals surface area contributed by atoms with Crippen LogP contribution in [0.5, 0.6) is 0 Å². The van der Waals surface area contributed by atoms with Crippen molar-refractivity contribution in [3.63, 3.8) is 0 Å². The average Bonchev–Trinajstić information content (AvgIpc) is 2.40. The van der Waals surface area contributed by atoms with Gasteiger partial charge in [0.25, 0.3) is 0 Å². The number of hydrogen-bond donors (Lipinski definition) is 1. The largest absolute Gasteiger partial charge is 0.391 e. The van der Waals surface area contributed by atoms with E-state index in [9.17, 15) is 5.11 Å². The summed E-state index contributed by atoms with van der Waals surface area (Å²) in [6.45, 7) is 3.59. The molecule has 19 heavy (non-hydrogen) atoms. The van der Waals surface area contributed by atoms with Gasteiger partial charge in [0.15, 0.2) is 0 Å². The molecule has 106 valence electrons. The highest BCUT2D eigenvalue weighted by Gasteiger charge is 2.17. The summed E-state index contributed by atoms with van der Waals surface area (Å²) in [6, 6.07) is 10.2. The van der Waals surface area contributed by atoms with Gasteiger partial charge >= 0.3 is 0 Å². The summed E-state index contributed by atoms with van der Waals surface area (Å²) < 4.78 is 5.37. The zero-order valence-electron chi connectivity index (χ0n) is 11.8. The van der Waals surface area contributed by atoms with Crippen LogP contribution in [-0.2, 0) is 11.2 Å². The number of ether oxygens (including phenoxy) is 1. The number of likely N-dealkylation sites (N-methyl/N-ethyl adjacent to an activating group) is 1. The molecule has 1 heterocycles. The van der Waals surface area contributed by atoms with E-state index in [1.807, 2.05) is 18.2 Å². The van der Waals surface area contributed by atoms with E-state index in [-0.39, 0.29) is 6.10 Å². The molecular formula is C16H25NO2. The fraction of sp³-hybridized carbons (Fsp3) is 0.625. The summed E-state index contributed by atoms with van der Waals surface area (Å²) in [4.78, 5) is 2.25. The van der Waals surface area contributed by atoms with Crippen molar-refractivity contribution in [3.8, 4) is 0 Å². The highest BCUT2D eigenvalue weighted by atomic mass is 16.5. The Morgan fingerprint density at radius 1 is 1.26 bits per heavy atom. The molecule has 1 saturated heterocycles. The second-order valence-corrected chi connectivity index (χ2v) is 5.62. The molecule has 0 aliphatic carbocycles. The molecule has 0 bridgehead atoms. The highest BCUT2D eigenvalue weighted by Crippen LogP contribution is 2.15. The summed E-state index contributed by atoms with van der Waals surface area (Å²) in [6.07, 6.45) is 2.75. The Labute approximate surface area is 116 Å². The molecular weight excluding hydrogens is 238 g/mol. The van der Waals surface area contributed by atoms with Gasteiger partial charge in [0.1, 0.15) is 0 Å². The van der Waals surface area contributed by atoms with Crippen LogP contribution in [0.15, 0.2) is 30.3 Å². The molecule has 0 spiro atoms. The Kier molecular flexibility index (Phi) is 5.83. The van der Waals surface area contributed by atoms with Gasteiger partial charge in [0.2, 0.25) is 0 Å². The molecule has 1 unspecified atom stereocenters. The Hall–Kier alpha value is -0.900. The predicted molar refractivity (Wildman–Crippen MR) is 77.2 cm³/mol. The van der Waals surface area contributed by atoms with Crippen molar-refractivity contribution >= 4 is 0 Å². The fourth-order valence-corrected chi connectivity index (χ4v) is 2.75. The molecule has 0 saturated carbocycles. The van der Waals surface area contributed by atoms with E-state index in [0.29, 0.717) is 0 Å². The normalized spacial score (nSPS) is 18.7. The third kappa shape index (κ3) is 5.31. The van der Waals surface area contributed by atoms with Gasteiger partial charge in [-0.2, -0.15) is 0 Å². The first-order chi connectivity index (χ1) is 9.24. The number of benzene rings is 1. The van der Waals surface area contributed by atoms with Gasteiger partial charge in [-0.05, 0) is 37.8 Å². The first-order valence-corrected chi connectivity index (χ1v) is 7.22. The maximum absolute atomic E-state index is 10.1. The molecule has 3 nitrogen and oxygen atoms in total. The van der Waals surface area contributed by atoms with Gasteiger partial charge in [-0.1, -0.05) is 30.3 Å². The van der Waals surface area contributed by atoms with Crippen LogP contribution in [0.2, 0.25) is 0 Å². The topological polar surface area (TPSA) is 32.7 Å². The van der Waals surface area contributed by atoms with E-state index in [1.165, 1.54) is 5.56 Å². The van der Waals surface area contributed by atoms with Crippen LogP contribution in [0, 0.1) is 5.92 Å². The Bertz CT molecular complexity index is 349. The zero-order valence-corrected chi connectivity index (χ0v) is 11.8. The van der Waals surface area contributed by atoms with Gasteiger partial charge in [-0.3, -0.25) is 0 Å². The van der Waals surface area contributed by atoms with E-state index < -0.39 is 0 Å². The van der Waals surface area contributed by atoms with Crippen LogP contribution in [0.4, 0.5) is 0 Å². The third-order valence-electron chi connectivity index (χ3n) is 3.75. The van der Waals surface area contributed by atoms with Crippen LogP contribution in [0.3, 0.4) is 0 Å². The van der Waals surface area contributed by atoms with E-state index in [1.54, 1.807) is 0 Å². The summed E-state index contributed by atoms with van der Waals surface area (Å²) >= 11 is 0. The average molecular weight is 263 g/mol. The molecule has 0 aromatic heterocycles. The second kappa shape index (κ2) is 7.63. The number of aliphatic hydroxyl groups is 1. The number of nitrogens with zero attached hydrogens (tertiary/aromatic N) is 1. The summed E-state index contributed by atoms with van der Waals surface area (Å²) in [5.74, 6) is 0.725. The van der Waals surface area contributed by atoms with Crippen molar-refractivity contribution < 1.29 is 9.84 Å². The Balaban J connectivity index is 1.70. The lowest BCUT2D eigenvalue weighted by molar-refractivity contribution is 0.0479.